The Morgan fingerprint density at radius 1 is 1.35 bits per heavy atom. The van der Waals surface area contributed by atoms with Gasteiger partial charge >= 0.3 is 6.01 Å². The van der Waals surface area contributed by atoms with Gasteiger partial charge < -0.3 is 4.74 Å². The van der Waals surface area contributed by atoms with Crippen LogP contribution < -0.4 is 4.74 Å². The smallest absolute Gasteiger partial charge is 0.322 e. The van der Waals surface area contributed by atoms with Gasteiger partial charge in [0.2, 0.25) is 5.28 Å². The van der Waals surface area contributed by atoms with Gasteiger partial charge in [0.25, 0.3) is 5.95 Å². The number of hydrogen-bond donors (Lipinski definition) is 0. The summed E-state index contributed by atoms with van der Waals surface area (Å²) in [6.07, 6.45) is 4.83. The second-order valence-corrected chi connectivity index (χ2v) is 3.57. The number of ether oxygens (including phenoxy) is 1. The van der Waals surface area contributed by atoms with E-state index >= 15 is 0 Å². The van der Waals surface area contributed by atoms with Crippen LogP contribution in [-0.4, -0.2) is 36.3 Å². The summed E-state index contributed by atoms with van der Waals surface area (Å²) in [5, 5.41) is 3.97. The summed E-state index contributed by atoms with van der Waals surface area (Å²) in [5.41, 5.74) is 0. The molecule has 2 aromatic heterocycles. The minimum absolute atomic E-state index is 0.0667. The summed E-state index contributed by atoms with van der Waals surface area (Å²) < 4.78 is 6.75. The van der Waals surface area contributed by atoms with Crippen molar-refractivity contribution in [2.75, 3.05) is 6.61 Å². The lowest BCUT2D eigenvalue weighted by atomic mass is 10.4. The molecule has 90 valence electrons. The highest BCUT2D eigenvalue weighted by Crippen LogP contribution is 2.10. The first-order valence-electron chi connectivity index (χ1n) is 5.19. The maximum Gasteiger partial charge on any atom is 0.322 e. The third-order valence-corrected chi connectivity index (χ3v) is 2.10. The highest BCUT2D eigenvalue weighted by Gasteiger charge is 2.08. The van der Waals surface area contributed by atoms with E-state index in [0.29, 0.717) is 6.61 Å². The maximum absolute atomic E-state index is 5.78. The summed E-state index contributed by atoms with van der Waals surface area (Å²) in [6, 6.07) is 0.198. The minimum atomic E-state index is 0.0667. The van der Waals surface area contributed by atoms with Crippen LogP contribution >= 0.6 is 11.6 Å². The number of hydrogen-bond acceptors (Lipinski definition) is 6. The molecule has 17 heavy (non-hydrogen) atoms. The second kappa shape index (κ2) is 5.53. The molecule has 0 saturated heterocycles. The van der Waals surface area contributed by atoms with Gasteiger partial charge in [0, 0.05) is 0 Å². The van der Waals surface area contributed by atoms with E-state index in [2.05, 4.69) is 32.0 Å². The Kier molecular flexibility index (Phi) is 3.81. The molecule has 0 aromatic carbocycles. The van der Waals surface area contributed by atoms with Crippen molar-refractivity contribution in [1.29, 1.82) is 0 Å². The van der Waals surface area contributed by atoms with Crippen molar-refractivity contribution < 1.29 is 4.74 Å². The molecule has 0 spiro atoms. The maximum atomic E-state index is 5.78. The minimum Gasteiger partial charge on any atom is -0.463 e. The lowest BCUT2D eigenvalue weighted by Gasteiger charge is -2.04. The Hall–Kier alpha value is -1.76. The van der Waals surface area contributed by atoms with Gasteiger partial charge in [-0.3, -0.25) is 0 Å². The molecule has 0 amide bonds. The van der Waals surface area contributed by atoms with Crippen molar-refractivity contribution in [2.45, 2.75) is 19.8 Å². The average molecular weight is 255 g/mol. The van der Waals surface area contributed by atoms with E-state index in [1.165, 1.54) is 17.3 Å². The van der Waals surface area contributed by atoms with Gasteiger partial charge in [-0.05, 0) is 18.0 Å². The van der Waals surface area contributed by atoms with E-state index in [4.69, 9.17) is 16.3 Å². The fourth-order valence-electron chi connectivity index (χ4n) is 1.11. The molecule has 0 bridgehead atoms. The van der Waals surface area contributed by atoms with Crippen molar-refractivity contribution >= 4 is 11.6 Å². The van der Waals surface area contributed by atoms with Crippen molar-refractivity contribution in [3.8, 4) is 12.0 Å². The fourth-order valence-corrected chi connectivity index (χ4v) is 1.26. The van der Waals surface area contributed by atoms with E-state index in [-0.39, 0.29) is 17.2 Å². The number of rotatable bonds is 5. The molecule has 0 unspecified atom stereocenters. The van der Waals surface area contributed by atoms with Crippen molar-refractivity contribution in [3.05, 3.63) is 17.9 Å². The molecule has 0 aliphatic carbocycles. The van der Waals surface area contributed by atoms with Crippen molar-refractivity contribution in [1.82, 2.24) is 29.7 Å². The molecule has 2 heterocycles. The number of unbranched alkanes of at least 4 members (excludes halogenated alkanes) is 1. The van der Waals surface area contributed by atoms with Gasteiger partial charge in [-0.2, -0.15) is 24.7 Å². The Morgan fingerprint density at radius 3 is 2.94 bits per heavy atom. The first-order chi connectivity index (χ1) is 8.29. The van der Waals surface area contributed by atoms with Crippen molar-refractivity contribution in [3.63, 3.8) is 0 Å². The summed E-state index contributed by atoms with van der Waals surface area (Å²) in [7, 11) is 0. The van der Waals surface area contributed by atoms with E-state index < -0.39 is 0 Å². The third-order valence-electron chi connectivity index (χ3n) is 1.93. The lowest BCUT2D eigenvalue weighted by Crippen LogP contribution is -2.07. The molecule has 7 nitrogen and oxygen atoms in total. The zero-order valence-electron chi connectivity index (χ0n) is 9.25. The molecule has 0 saturated carbocycles. The van der Waals surface area contributed by atoms with Gasteiger partial charge in [0.1, 0.15) is 12.7 Å². The predicted octanol–water partition coefficient (Wildman–Crippen LogP) is 1.28. The molecule has 8 heteroatoms. The van der Waals surface area contributed by atoms with Crippen LogP contribution in [0.3, 0.4) is 0 Å². The van der Waals surface area contributed by atoms with Crippen LogP contribution in [0.5, 0.6) is 6.01 Å². The topological polar surface area (TPSA) is 78.6 Å². The Balaban J connectivity index is 2.18. The van der Waals surface area contributed by atoms with Crippen LogP contribution in [-0.2, 0) is 0 Å². The van der Waals surface area contributed by atoms with Gasteiger partial charge in [-0.15, -0.1) is 0 Å². The molecule has 0 aliphatic heterocycles. The molecular weight excluding hydrogens is 244 g/mol. The van der Waals surface area contributed by atoms with E-state index in [1.807, 2.05) is 0 Å². The van der Waals surface area contributed by atoms with Crippen LogP contribution in [0.4, 0.5) is 0 Å². The SMILES string of the molecule is CCCCOc1nc(Cl)nc(-n2cncn2)n1. The van der Waals surface area contributed by atoms with Crippen LogP contribution in [0.2, 0.25) is 5.28 Å². The molecule has 0 atom stereocenters. The molecular formula is C9H11ClN6O. The Labute approximate surface area is 103 Å². The van der Waals surface area contributed by atoms with Gasteiger partial charge in [0.15, 0.2) is 0 Å². The quantitative estimate of drug-likeness (QED) is 0.748. The number of aromatic nitrogens is 6. The highest BCUT2D eigenvalue weighted by atomic mass is 35.5. The molecule has 0 fully saturated rings. The standard InChI is InChI=1S/C9H11ClN6O/c1-2-3-4-17-9-14-7(10)13-8(15-9)16-6-11-5-12-16/h5-6H,2-4H2,1H3. The highest BCUT2D eigenvalue weighted by molar-refractivity contribution is 6.28. The molecule has 2 rings (SSSR count). The van der Waals surface area contributed by atoms with E-state index in [0.717, 1.165) is 12.8 Å². The Bertz CT molecular complexity index is 474. The summed E-state index contributed by atoms with van der Waals surface area (Å²) in [5.74, 6) is 0.286. The summed E-state index contributed by atoms with van der Waals surface area (Å²) >= 11 is 5.78. The molecule has 0 aliphatic rings. The van der Waals surface area contributed by atoms with E-state index in [1.54, 1.807) is 0 Å². The normalized spacial score (nSPS) is 10.5. The van der Waals surface area contributed by atoms with Crippen LogP contribution in [0.1, 0.15) is 19.8 Å². The zero-order valence-corrected chi connectivity index (χ0v) is 10.0. The van der Waals surface area contributed by atoms with Crippen LogP contribution in [0.25, 0.3) is 5.95 Å². The summed E-state index contributed by atoms with van der Waals surface area (Å²) in [6.45, 7) is 2.62. The van der Waals surface area contributed by atoms with E-state index in [9.17, 15) is 0 Å². The van der Waals surface area contributed by atoms with Crippen molar-refractivity contribution in [2.24, 2.45) is 0 Å². The molecule has 0 radical (unpaired) electrons. The summed E-state index contributed by atoms with van der Waals surface area (Å²) in [4.78, 5) is 15.7. The monoisotopic (exact) mass is 254 g/mol. The second-order valence-electron chi connectivity index (χ2n) is 3.23. The number of nitrogens with zero attached hydrogens (tertiary/aromatic N) is 6. The van der Waals surface area contributed by atoms with Gasteiger partial charge in [0.05, 0.1) is 6.61 Å². The Morgan fingerprint density at radius 2 is 2.24 bits per heavy atom. The lowest BCUT2D eigenvalue weighted by molar-refractivity contribution is 0.283. The van der Waals surface area contributed by atoms with Gasteiger partial charge in [-0.25, -0.2) is 4.98 Å². The molecule has 2 aromatic rings. The van der Waals surface area contributed by atoms with Gasteiger partial charge in [-0.1, -0.05) is 13.3 Å². The first kappa shape index (κ1) is 11.7. The largest absolute Gasteiger partial charge is 0.463 e. The number of halogens is 1. The zero-order chi connectivity index (χ0) is 12.1. The first-order valence-corrected chi connectivity index (χ1v) is 5.56. The third kappa shape index (κ3) is 3.10. The molecule has 0 N–H and O–H groups in total. The van der Waals surface area contributed by atoms with Crippen LogP contribution in [0, 0.1) is 0 Å². The van der Waals surface area contributed by atoms with Crippen LogP contribution in [0.15, 0.2) is 12.7 Å². The predicted molar refractivity (Wildman–Crippen MR) is 60.2 cm³/mol. The fraction of sp³-hybridized carbons (Fsp3) is 0.444. The average Bonchev–Trinajstić information content (AvgIpc) is 2.82.